The first kappa shape index (κ1) is 17.5. The molecule has 0 amide bonds. The highest BCUT2D eigenvalue weighted by atomic mass is 16.5. The van der Waals surface area contributed by atoms with Gasteiger partial charge >= 0.3 is 0 Å². The van der Waals surface area contributed by atoms with Gasteiger partial charge in [0.15, 0.2) is 12.1 Å². The number of nitrogens with one attached hydrogen (secondary N) is 1. The zero-order chi connectivity index (χ0) is 17.9. The molecule has 5 heteroatoms. The fraction of sp³-hybridized carbons (Fsp3) is 0.105. The van der Waals surface area contributed by atoms with Crippen molar-refractivity contribution in [2.24, 2.45) is 0 Å². The molecule has 0 aliphatic rings. The van der Waals surface area contributed by atoms with Gasteiger partial charge in [0.05, 0.1) is 0 Å². The second kappa shape index (κ2) is 7.12. The molecular weight excluding hydrogens is 306 g/mol. The fourth-order valence-electron chi connectivity index (χ4n) is 2.31. The Hall–Kier alpha value is -2.89. The summed E-state index contributed by atoms with van der Waals surface area (Å²) in [5.41, 5.74) is 0.371. The van der Waals surface area contributed by atoms with Gasteiger partial charge in [-0.2, -0.15) is 0 Å². The van der Waals surface area contributed by atoms with E-state index in [9.17, 15) is 19.8 Å². The predicted octanol–water partition coefficient (Wildman–Crippen LogP) is 2.41. The van der Waals surface area contributed by atoms with Crippen LogP contribution in [0.1, 0.15) is 40.3 Å². The van der Waals surface area contributed by atoms with Crippen molar-refractivity contribution in [3.05, 3.63) is 82.9 Å². The molecule has 0 saturated heterocycles. The summed E-state index contributed by atoms with van der Waals surface area (Å²) in [7, 11) is 0. The van der Waals surface area contributed by atoms with E-state index in [1.165, 1.54) is 31.2 Å². The Morgan fingerprint density at radius 1 is 0.958 bits per heavy atom. The van der Waals surface area contributed by atoms with Crippen LogP contribution in [0.15, 0.2) is 60.7 Å². The van der Waals surface area contributed by atoms with E-state index in [4.69, 9.17) is 5.41 Å². The minimum absolute atomic E-state index is 0.0649. The lowest BCUT2D eigenvalue weighted by molar-refractivity contribution is -0.109. The number of hydrogen-bond acceptors (Lipinski definition) is 5. The van der Waals surface area contributed by atoms with Gasteiger partial charge in [0.1, 0.15) is 5.71 Å². The number of rotatable bonds is 6. The lowest BCUT2D eigenvalue weighted by Gasteiger charge is -2.13. The topological polar surface area (TPSA) is 98.5 Å². The molecule has 3 N–H and O–H groups in total. The monoisotopic (exact) mass is 323 g/mol. The summed E-state index contributed by atoms with van der Waals surface area (Å²) < 4.78 is 0. The number of aliphatic hydroxyl groups excluding tert-OH is 1. The lowest BCUT2D eigenvalue weighted by Crippen LogP contribution is -2.19. The first-order valence-corrected chi connectivity index (χ1v) is 7.22. The summed E-state index contributed by atoms with van der Waals surface area (Å²) >= 11 is 0. The number of allylic oxidation sites excluding steroid dienone is 1. The highest BCUT2D eigenvalue weighted by Crippen LogP contribution is 2.22. The molecule has 5 nitrogen and oxygen atoms in total. The van der Waals surface area contributed by atoms with Crippen LogP contribution in [0.25, 0.3) is 0 Å². The SMILES string of the molecule is C=C(C)C(=O)C(=N)c1ccccc1C(=O)c1ccccc1C(O)O. The summed E-state index contributed by atoms with van der Waals surface area (Å²) in [5, 5.41) is 26.9. The molecule has 0 spiro atoms. The number of ketones is 2. The molecule has 2 aromatic rings. The van der Waals surface area contributed by atoms with Gasteiger partial charge < -0.3 is 10.2 Å². The lowest BCUT2D eigenvalue weighted by atomic mass is 9.91. The van der Waals surface area contributed by atoms with Crippen molar-refractivity contribution in [1.29, 1.82) is 5.41 Å². The smallest absolute Gasteiger partial charge is 0.206 e. The molecule has 24 heavy (non-hydrogen) atoms. The van der Waals surface area contributed by atoms with Crippen LogP contribution in [0.2, 0.25) is 0 Å². The predicted molar refractivity (Wildman–Crippen MR) is 90.1 cm³/mol. The van der Waals surface area contributed by atoms with Crippen molar-refractivity contribution in [3.8, 4) is 0 Å². The summed E-state index contributed by atoms with van der Waals surface area (Å²) in [6.07, 6.45) is -1.80. The number of hydrogen-bond donors (Lipinski definition) is 3. The number of Topliss-reactive ketones (excluding diaryl/α,β-unsaturated/α-hetero) is 1. The Balaban J connectivity index is 2.55. The summed E-state index contributed by atoms with van der Waals surface area (Å²) in [5.74, 6) is -1.04. The average Bonchev–Trinajstić information content (AvgIpc) is 2.59. The van der Waals surface area contributed by atoms with E-state index in [-0.39, 0.29) is 33.5 Å². The third kappa shape index (κ3) is 3.37. The Morgan fingerprint density at radius 2 is 1.46 bits per heavy atom. The second-order valence-corrected chi connectivity index (χ2v) is 5.32. The van der Waals surface area contributed by atoms with Crippen LogP contribution >= 0.6 is 0 Å². The maximum Gasteiger partial charge on any atom is 0.206 e. The Bertz CT molecular complexity index is 837. The Morgan fingerprint density at radius 3 is 2.00 bits per heavy atom. The van der Waals surface area contributed by atoms with Crippen LogP contribution in [-0.2, 0) is 4.79 Å². The van der Waals surface area contributed by atoms with E-state index in [1.54, 1.807) is 24.3 Å². The van der Waals surface area contributed by atoms with Gasteiger partial charge in [0.2, 0.25) is 5.78 Å². The molecule has 2 rings (SSSR count). The summed E-state index contributed by atoms with van der Waals surface area (Å²) in [6, 6.07) is 12.3. The number of benzene rings is 2. The molecule has 0 aromatic heterocycles. The van der Waals surface area contributed by atoms with Gasteiger partial charge in [-0.3, -0.25) is 15.0 Å². The third-order valence-electron chi connectivity index (χ3n) is 3.54. The molecule has 0 fully saturated rings. The van der Waals surface area contributed by atoms with Gasteiger partial charge in [-0.05, 0) is 12.5 Å². The van der Waals surface area contributed by atoms with Gasteiger partial charge in [-0.15, -0.1) is 0 Å². The number of aliphatic hydroxyl groups is 2. The highest BCUT2D eigenvalue weighted by molar-refractivity contribution is 6.51. The van der Waals surface area contributed by atoms with Crippen LogP contribution in [0.4, 0.5) is 0 Å². The number of carbonyl (C=O) groups is 2. The minimum Gasteiger partial charge on any atom is -0.364 e. The molecule has 0 radical (unpaired) electrons. The van der Waals surface area contributed by atoms with E-state index < -0.39 is 17.9 Å². The van der Waals surface area contributed by atoms with Crippen molar-refractivity contribution in [1.82, 2.24) is 0 Å². The van der Waals surface area contributed by atoms with E-state index in [1.807, 2.05) is 0 Å². The van der Waals surface area contributed by atoms with Gasteiger partial charge in [0, 0.05) is 22.3 Å². The normalized spacial score (nSPS) is 10.5. The first-order valence-electron chi connectivity index (χ1n) is 7.22. The van der Waals surface area contributed by atoms with Gasteiger partial charge in [0.25, 0.3) is 0 Å². The zero-order valence-electron chi connectivity index (χ0n) is 13.1. The molecular formula is C19H17NO4. The molecule has 0 aliphatic carbocycles. The highest BCUT2D eigenvalue weighted by Gasteiger charge is 2.23. The Kier molecular flexibility index (Phi) is 5.18. The van der Waals surface area contributed by atoms with Crippen LogP contribution in [0.5, 0.6) is 0 Å². The van der Waals surface area contributed by atoms with E-state index >= 15 is 0 Å². The van der Waals surface area contributed by atoms with Crippen molar-refractivity contribution >= 4 is 17.3 Å². The molecule has 0 saturated carbocycles. The zero-order valence-corrected chi connectivity index (χ0v) is 13.1. The molecule has 0 bridgehead atoms. The van der Waals surface area contributed by atoms with Crippen LogP contribution in [0, 0.1) is 5.41 Å². The van der Waals surface area contributed by atoms with Gasteiger partial charge in [-0.25, -0.2) is 0 Å². The first-order chi connectivity index (χ1) is 11.3. The molecule has 0 unspecified atom stereocenters. The number of carbonyl (C=O) groups excluding carboxylic acids is 2. The van der Waals surface area contributed by atoms with Crippen molar-refractivity contribution in [3.63, 3.8) is 0 Å². The quantitative estimate of drug-likeness (QED) is 0.329. The third-order valence-corrected chi connectivity index (χ3v) is 3.54. The standard InChI is InChI=1S/C19H17NO4/c1-11(2)17(21)16(20)12-7-3-4-8-13(12)18(22)14-9-5-6-10-15(14)19(23)24/h3-10,19-20,23-24H,1H2,2H3. The maximum absolute atomic E-state index is 12.8. The van der Waals surface area contributed by atoms with E-state index in [0.29, 0.717) is 0 Å². The molecule has 0 atom stereocenters. The van der Waals surface area contributed by atoms with Crippen LogP contribution in [0.3, 0.4) is 0 Å². The van der Waals surface area contributed by atoms with Crippen LogP contribution in [-0.4, -0.2) is 27.5 Å². The molecule has 0 aliphatic heterocycles. The summed E-state index contributed by atoms with van der Waals surface area (Å²) in [6.45, 7) is 5.03. The van der Waals surface area contributed by atoms with Gasteiger partial charge in [-0.1, -0.05) is 55.1 Å². The van der Waals surface area contributed by atoms with E-state index in [0.717, 1.165) is 0 Å². The molecule has 0 heterocycles. The largest absolute Gasteiger partial charge is 0.364 e. The Labute approximate surface area is 139 Å². The van der Waals surface area contributed by atoms with Crippen molar-refractivity contribution in [2.45, 2.75) is 13.2 Å². The second-order valence-electron chi connectivity index (χ2n) is 5.32. The molecule has 2 aromatic carbocycles. The maximum atomic E-state index is 12.8. The average molecular weight is 323 g/mol. The van der Waals surface area contributed by atoms with Crippen molar-refractivity contribution < 1.29 is 19.8 Å². The fourth-order valence-corrected chi connectivity index (χ4v) is 2.31. The molecule has 122 valence electrons. The minimum atomic E-state index is -1.80. The van der Waals surface area contributed by atoms with Crippen LogP contribution < -0.4 is 0 Å². The van der Waals surface area contributed by atoms with Crippen molar-refractivity contribution in [2.75, 3.05) is 0 Å². The van der Waals surface area contributed by atoms with E-state index in [2.05, 4.69) is 6.58 Å². The summed E-state index contributed by atoms with van der Waals surface area (Å²) in [4.78, 5) is 24.9.